The van der Waals surface area contributed by atoms with Crippen molar-refractivity contribution in [2.24, 2.45) is 17.8 Å². The first-order chi connectivity index (χ1) is 5.90. The van der Waals surface area contributed by atoms with Gasteiger partial charge < -0.3 is 5.32 Å². The van der Waals surface area contributed by atoms with Crippen molar-refractivity contribution in [2.45, 2.75) is 26.2 Å². The Morgan fingerprint density at radius 3 is 2.83 bits per heavy atom. The molecule has 2 aliphatic carbocycles. The molecule has 0 aromatic rings. The van der Waals surface area contributed by atoms with E-state index in [-0.39, 0.29) is 0 Å². The van der Waals surface area contributed by atoms with Crippen molar-refractivity contribution >= 4 is 0 Å². The topological polar surface area (TPSA) is 12.0 Å². The van der Waals surface area contributed by atoms with Crippen molar-refractivity contribution in [1.82, 2.24) is 5.32 Å². The van der Waals surface area contributed by atoms with Crippen molar-refractivity contribution in [3.05, 3.63) is 12.2 Å². The van der Waals surface area contributed by atoms with Gasteiger partial charge >= 0.3 is 0 Å². The van der Waals surface area contributed by atoms with Crippen LogP contribution in [0.2, 0.25) is 0 Å². The molecule has 2 rings (SSSR count). The molecule has 0 aromatic carbocycles. The number of hydrogen-bond donors (Lipinski definition) is 1. The van der Waals surface area contributed by atoms with Gasteiger partial charge in [0.25, 0.3) is 0 Å². The molecule has 1 N–H and O–H groups in total. The SMILES string of the molecule is CCCNC[C@@H]1C[C@@H]2C=C[C@H]1C2. The lowest BCUT2D eigenvalue weighted by molar-refractivity contribution is 0.415. The zero-order chi connectivity index (χ0) is 8.39. The van der Waals surface area contributed by atoms with Crippen LogP contribution in [0.15, 0.2) is 12.2 Å². The van der Waals surface area contributed by atoms with Crippen molar-refractivity contribution in [2.75, 3.05) is 13.1 Å². The molecule has 1 fully saturated rings. The highest BCUT2D eigenvalue weighted by Gasteiger charge is 2.34. The van der Waals surface area contributed by atoms with E-state index < -0.39 is 0 Å². The van der Waals surface area contributed by atoms with Crippen LogP contribution in [0.5, 0.6) is 0 Å². The Bertz CT molecular complexity index is 174. The zero-order valence-corrected chi connectivity index (χ0v) is 7.92. The maximum atomic E-state index is 3.53. The Morgan fingerprint density at radius 2 is 2.25 bits per heavy atom. The Labute approximate surface area is 75.2 Å². The average molecular weight is 165 g/mol. The van der Waals surface area contributed by atoms with Crippen LogP contribution in [0.4, 0.5) is 0 Å². The summed E-state index contributed by atoms with van der Waals surface area (Å²) in [4.78, 5) is 0. The maximum absolute atomic E-state index is 3.53. The molecule has 1 saturated carbocycles. The minimum absolute atomic E-state index is 0.916. The normalized spacial score (nSPS) is 37.9. The van der Waals surface area contributed by atoms with Crippen molar-refractivity contribution in [1.29, 1.82) is 0 Å². The molecule has 0 unspecified atom stereocenters. The summed E-state index contributed by atoms with van der Waals surface area (Å²) in [6.07, 6.45) is 9.00. The van der Waals surface area contributed by atoms with Crippen LogP contribution in [-0.2, 0) is 0 Å². The summed E-state index contributed by atoms with van der Waals surface area (Å²) in [5, 5.41) is 3.53. The molecule has 0 amide bonds. The Kier molecular flexibility index (Phi) is 2.50. The third-order valence-corrected chi connectivity index (χ3v) is 3.25. The largest absolute Gasteiger partial charge is 0.316 e. The fraction of sp³-hybridized carbons (Fsp3) is 0.818. The van der Waals surface area contributed by atoms with Gasteiger partial charge in [-0.05, 0) is 50.1 Å². The number of hydrogen-bond acceptors (Lipinski definition) is 1. The molecule has 0 aromatic heterocycles. The summed E-state index contributed by atoms with van der Waals surface area (Å²) < 4.78 is 0. The Morgan fingerprint density at radius 1 is 1.33 bits per heavy atom. The van der Waals surface area contributed by atoms with E-state index in [2.05, 4.69) is 24.4 Å². The van der Waals surface area contributed by atoms with Gasteiger partial charge in [-0.2, -0.15) is 0 Å². The van der Waals surface area contributed by atoms with Gasteiger partial charge in [-0.3, -0.25) is 0 Å². The minimum Gasteiger partial charge on any atom is -0.316 e. The molecule has 0 heterocycles. The van der Waals surface area contributed by atoms with Crippen LogP contribution in [0.25, 0.3) is 0 Å². The van der Waals surface area contributed by atoms with Gasteiger partial charge in [-0.25, -0.2) is 0 Å². The van der Waals surface area contributed by atoms with Crippen molar-refractivity contribution < 1.29 is 0 Å². The van der Waals surface area contributed by atoms with E-state index >= 15 is 0 Å². The molecule has 0 radical (unpaired) electrons. The lowest BCUT2D eigenvalue weighted by Crippen LogP contribution is -2.25. The van der Waals surface area contributed by atoms with Crippen molar-refractivity contribution in [3.8, 4) is 0 Å². The Hall–Kier alpha value is -0.300. The van der Waals surface area contributed by atoms with E-state index in [1.165, 1.54) is 32.4 Å². The first-order valence-electron chi connectivity index (χ1n) is 5.29. The third-order valence-electron chi connectivity index (χ3n) is 3.25. The van der Waals surface area contributed by atoms with Crippen LogP contribution < -0.4 is 5.32 Å². The molecule has 2 bridgehead atoms. The molecular weight excluding hydrogens is 146 g/mol. The van der Waals surface area contributed by atoms with E-state index in [1.807, 2.05) is 0 Å². The molecule has 68 valence electrons. The molecule has 2 aliphatic rings. The first kappa shape index (κ1) is 8.31. The lowest BCUT2D eigenvalue weighted by Gasteiger charge is -2.18. The van der Waals surface area contributed by atoms with Gasteiger partial charge in [-0.1, -0.05) is 19.1 Å². The fourth-order valence-corrected chi connectivity index (χ4v) is 2.59. The van der Waals surface area contributed by atoms with E-state index in [9.17, 15) is 0 Å². The maximum Gasteiger partial charge on any atom is -0.00147 e. The van der Waals surface area contributed by atoms with Crippen LogP contribution in [0.3, 0.4) is 0 Å². The standard InChI is InChI=1S/C11H19N/c1-2-5-12-8-11-7-9-3-4-10(11)6-9/h3-4,9-12H,2,5-8H2,1H3/t9-,10+,11+/m1/s1. The predicted molar refractivity (Wildman–Crippen MR) is 52.0 cm³/mol. The molecule has 0 spiro atoms. The number of fused-ring (bicyclic) bond motifs is 2. The van der Waals surface area contributed by atoms with E-state index in [1.54, 1.807) is 0 Å². The highest BCUT2D eigenvalue weighted by atomic mass is 14.9. The molecular formula is C11H19N. The van der Waals surface area contributed by atoms with Crippen LogP contribution in [-0.4, -0.2) is 13.1 Å². The van der Waals surface area contributed by atoms with Gasteiger partial charge in [-0.15, -0.1) is 0 Å². The lowest BCUT2D eigenvalue weighted by atomic mass is 9.94. The minimum atomic E-state index is 0.916. The van der Waals surface area contributed by atoms with Crippen molar-refractivity contribution in [3.63, 3.8) is 0 Å². The van der Waals surface area contributed by atoms with Crippen LogP contribution in [0, 0.1) is 17.8 Å². The molecule has 3 atom stereocenters. The molecule has 12 heavy (non-hydrogen) atoms. The summed E-state index contributed by atoms with van der Waals surface area (Å²) in [7, 11) is 0. The van der Waals surface area contributed by atoms with E-state index in [0.29, 0.717) is 0 Å². The summed E-state index contributed by atoms with van der Waals surface area (Å²) in [6, 6.07) is 0. The number of rotatable bonds is 4. The summed E-state index contributed by atoms with van der Waals surface area (Å²) in [6.45, 7) is 4.67. The van der Waals surface area contributed by atoms with E-state index in [4.69, 9.17) is 0 Å². The third kappa shape index (κ3) is 1.56. The first-order valence-corrected chi connectivity index (χ1v) is 5.29. The summed E-state index contributed by atoms with van der Waals surface area (Å²) in [5.41, 5.74) is 0. The average Bonchev–Trinajstić information content (AvgIpc) is 2.65. The van der Waals surface area contributed by atoms with Gasteiger partial charge in [0.05, 0.1) is 0 Å². The second kappa shape index (κ2) is 3.61. The quantitative estimate of drug-likeness (QED) is 0.497. The molecule has 1 nitrogen and oxygen atoms in total. The van der Waals surface area contributed by atoms with Gasteiger partial charge in [0.2, 0.25) is 0 Å². The Balaban J connectivity index is 1.73. The fourth-order valence-electron chi connectivity index (χ4n) is 2.59. The second-order valence-electron chi connectivity index (χ2n) is 4.24. The molecule has 0 aliphatic heterocycles. The smallest absolute Gasteiger partial charge is 0.00147 e. The highest BCUT2D eigenvalue weighted by molar-refractivity contribution is 5.10. The summed E-state index contributed by atoms with van der Waals surface area (Å²) in [5.74, 6) is 2.80. The van der Waals surface area contributed by atoms with Gasteiger partial charge in [0.15, 0.2) is 0 Å². The van der Waals surface area contributed by atoms with E-state index in [0.717, 1.165) is 17.8 Å². The summed E-state index contributed by atoms with van der Waals surface area (Å²) >= 11 is 0. The van der Waals surface area contributed by atoms with Gasteiger partial charge in [0.1, 0.15) is 0 Å². The van der Waals surface area contributed by atoms with Gasteiger partial charge in [0, 0.05) is 0 Å². The number of nitrogens with one attached hydrogen (secondary N) is 1. The highest BCUT2D eigenvalue weighted by Crippen LogP contribution is 2.42. The van der Waals surface area contributed by atoms with Crippen LogP contribution in [0.1, 0.15) is 26.2 Å². The predicted octanol–water partition coefficient (Wildman–Crippen LogP) is 2.20. The second-order valence-corrected chi connectivity index (χ2v) is 4.24. The zero-order valence-electron chi connectivity index (χ0n) is 7.92. The van der Waals surface area contributed by atoms with Crippen LogP contribution >= 0.6 is 0 Å². The number of allylic oxidation sites excluding steroid dienone is 2. The molecule has 0 saturated heterocycles. The molecule has 1 heteroatoms. The monoisotopic (exact) mass is 165 g/mol.